The Morgan fingerprint density at radius 3 is 2.51 bits per heavy atom. The van der Waals surface area contributed by atoms with Gasteiger partial charge in [0.05, 0.1) is 11.2 Å². The predicted octanol–water partition coefficient (Wildman–Crippen LogP) is 4.34. The molecule has 1 aromatic carbocycles. The number of alkyl halides is 3. The maximum Gasteiger partial charge on any atom is 0.490 e. The SMILES string of the molecule is Cc1nc(CN2CCC(N(C)c3cc(F)c(S(=O)(=O)Nc4cscn4)cc3C)C2)c(C)o1.O=C(O)C(F)(F)F. The van der Waals surface area contributed by atoms with Crippen LogP contribution in [0.15, 0.2) is 32.3 Å². The Morgan fingerprint density at radius 1 is 1.31 bits per heavy atom. The maximum absolute atomic E-state index is 14.9. The third-order valence-corrected chi connectivity index (χ3v) is 7.96. The molecule has 2 N–H and O–H groups in total. The Labute approximate surface area is 226 Å². The van der Waals surface area contributed by atoms with Crippen LogP contribution < -0.4 is 9.62 Å². The molecule has 0 aliphatic carbocycles. The number of likely N-dealkylation sites (tertiary alicyclic amines) is 1. The van der Waals surface area contributed by atoms with Gasteiger partial charge in [-0.25, -0.2) is 27.6 Å². The number of aryl methyl sites for hydroxylation is 3. The number of benzene rings is 1. The average Bonchev–Trinajstić information content (AvgIpc) is 3.57. The molecule has 1 saturated heterocycles. The summed E-state index contributed by atoms with van der Waals surface area (Å²) in [7, 11) is -2.15. The quantitative estimate of drug-likeness (QED) is 0.385. The molecule has 2 aromatic heterocycles. The number of likely N-dealkylation sites (N-methyl/N-ethyl adjacent to an activating group) is 1. The first-order valence-corrected chi connectivity index (χ1v) is 13.9. The molecular formula is C23H27F4N5O5S2. The fourth-order valence-corrected chi connectivity index (χ4v) is 5.79. The molecule has 0 radical (unpaired) electrons. The number of halogens is 4. The van der Waals surface area contributed by atoms with E-state index in [1.807, 2.05) is 25.8 Å². The Bertz CT molecular complexity index is 1410. The van der Waals surface area contributed by atoms with E-state index in [2.05, 4.69) is 19.6 Å². The van der Waals surface area contributed by atoms with Crippen molar-refractivity contribution in [3.63, 3.8) is 0 Å². The summed E-state index contributed by atoms with van der Waals surface area (Å²) >= 11 is 1.25. The van der Waals surface area contributed by atoms with Gasteiger partial charge in [-0.3, -0.25) is 9.62 Å². The highest BCUT2D eigenvalue weighted by Crippen LogP contribution is 2.30. The first-order valence-electron chi connectivity index (χ1n) is 11.5. The highest BCUT2D eigenvalue weighted by molar-refractivity contribution is 7.92. The second-order valence-corrected chi connectivity index (χ2v) is 11.2. The van der Waals surface area contributed by atoms with Crippen LogP contribution in [0.25, 0.3) is 0 Å². The van der Waals surface area contributed by atoms with Crippen LogP contribution >= 0.6 is 11.3 Å². The Kier molecular flexibility index (Phi) is 9.23. The van der Waals surface area contributed by atoms with E-state index in [1.165, 1.54) is 29.0 Å². The lowest BCUT2D eigenvalue weighted by molar-refractivity contribution is -0.192. The van der Waals surface area contributed by atoms with Gasteiger partial charge in [0.15, 0.2) is 11.7 Å². The molecule has 4 rings (SSSR count). The molecule has 16 heteroatoms. The number of carbonyl (C=O) groups is 1. The summed E-state index contributed by atoms with van der Waals surface area (Å²) in [4.78, 5) is 21.2. The lowest BCUT2D eigenvalue weighted by atomic mass is 10.1. The van der Waals surface area contributed by atoms with Crippen molar-refractivity contribution in [2.75, 3.05) is 29.8 Å². The van der Waals surface area contributed by atoms with Gasteiger partial charge in [0.1, 0.15) is 16.5 Å². The van der Waals surface area contributed by atoms with Crippen LogP contribution in [0.3, 0.4) is 0 Å². The van der Waals surface area contributed by atoms with Crippen molar-refractivity contribution in [1.29, 1.82) is 0 Å². The van der Waals surface area contributed by atoms with Gasteiger partial charge in [0, 0.05) is 50.7 Å². The van der Waals surface area contributed by atoms with Crippen molar-refractivity contribution in [2.24, 2.45) is 0 Å². The van der Waals surface area contributed by atoms with Crippen LogP contribution in [0.2, 0.25) is 0 Å². The Balaban J connectivity index is 0.000000532. The number of thiazole rings is 1. The van der Waals surface area contributed by atoms with E-state index in [0.717, 1.165) is 31.0 Å². The monoisotopic (exact) mass is 593 g/mol. The molecular weight excluding hydrogens is 566 g/mol. The normalized spacial score (nSPS) is 16.1. The smallest absolute Gasteiger partial charge is 0.475 e. The van der Waals surface area contributed by atoms with Crippen molar-refractivity contribution in [3.05, 3.63) is 51.7 Å². The van der Waals surface area contributed by atoms with Crippen LogP contribution in [-0.4, -0.2) is 66.7 Å². The van der Waals surface area contributed by atoms with Crippen molar-refractivity contribution in [1.82, 2.24) is 14.9 Å². The zero-order valence-corrected chi connectivity index (χ0v) is 23.0. The number of carboxylic acid groups (broad SMARTS) is 1. The van der Waals surface area contributed by atoms with Gasteiger partial charge in [-0.05, 0) is 38.0 Å². The first-order chi connectivity index (χ1) is 18.1. The van der Waals surface area contributed by atoms with Gasteiger partial charge in [0.25, 0.3) is 10.0 Å². The minimum absolute atomic E-state index is 0.178. The summed E-state index contributed by atoms with van der Waals surface area (Å²) in [6.07, 6.45) is -4.17. The van der Waals surface area contributed by atoms with Gasteiger partial charge in [0.2, 0.25) is 0 Å². The number of hydrogen-bond donors (Lipinski definition) is 2. The third kappa shape index (κ3) is 7.67. The summed E-state index contributed by atoms with van der Waals surface area (Å²) in [6.45, 7) is 7.95. The molecule has 0 bridgehead atoms. The van der Waals surface area contributed by atoms with Crippen LogP contribution in [0, 0.1) is 26.6 Å². The summed E-state index contributed by atoms with van der Waals surface area (Å²) in [5, 5.41) is 8.68. The van der Waals surface area contributed by atoms with Crippen molar-refractivity contribution < 1.29 is 40.3 Å². The number of carboxylic acids is 1. The fourth-order valence-electron chi connectivity index (χ4n) is 4.09. The number of oxazole rings is 1. The minimum Gasteiger partial charge on any atom is -0.475 e. The first kappa shape index (κ1) is 30.3. The van der Waals surface area contributed by atoms with Gasteiger partial charge >= 0.3 is 12.1 Å². The molecule has 39 heavy (non-hydrogen) atoms. The zero-order chi connectivity index (χ0) is 29.1. The van der Waals surface area contributed by atoms with Crippen molar-refractivity contribution >= 4 is 38.8 Å². The van der Waals surface area contributed by atoms with E-state index >= 15 is 0 Å². The summed E-state index contributed by atoms with van der Waals surface area (Å²) in [5.74, 6) is -1.87. The number of rotatable bonds is 7. The summed E-state index contributed by atoms with van der Waals surface area (Å²) < 4.78 is 79.8. The van der Waals surface area contributed by atoms with Crippen LogP contribution in [-0.2, 0) is 21.4 Å². The maximum atomic E-state index is 14.9. The van der Waals surface area contributed by atoms with Crippen LogP contribution in [0.4, 0.5) is 29.1 Å². The van der Waals surface area contributed by atoms with E-state index in [-0.39, 0.29) is 16.8 Å². The molecule has 1 unspecified atom stereocenters. The molecule has 0 saturated carbocycles. The number of sulfonamides is 1. The second-order valence-electron chi connectivity index (χ2n) is 8.88. The number of aromatic nitrogens is 2. The molecule has 10 nitrogen and oxygen atoms in total. The molecule has 214 valence electrons. The van der Waals surface area contributed by atoms with Crippen LogP contribution in [0.1, 0.15) is 29.3 Å². The summed E-state index contributed by atoms with van der Waals surface area (Å²) in [6, 6.07) is 2.86. The summed E-state index contributed by atoms with van der Waals surface area (Å²) in [5.41, 5.74) is 3.81. The molecule has 1 fully saturated rings. The van der Waals surface area contributed by atoms with E-state index in [4.69, 9.17) is 14.3 Å². The van der Waals surface area contributed by atoms with E-state index in [0.29, 0.717) is 23.7 Å². The number of nitrogens with one attached hydrogen (secondary N) is 1. The third-order valence-electron chi connectivity index (χ3n) is 6.00. The second kappa shape index (κ2) is 11.9. The van der Waals surface area contributed by atoms with Gasteiger partial charge in [-0.15, -0.1) is 11.3 Å². The Morgan fingerprint density at radius 2 is 1.97 bits per heavy atom. The average molecular weight is 594 g/mol. The van der Waals surface area contributed by atoms with E-state index in [1.54, 1.807) is 12.3 Å². The number of aliphatic carboxylic acids is 1. The van der Waals surface area contributed by atoms with E-state index in [9.17, 15) is 26.0 Å². The number of hydrogen-bond acceptors (Lipinski definition) is 9. The topological polar surface area (TPSA) is 129 Å². The van der Waals surface area contributed by atoms with Crippen molar-refractivity contribution in [2.45, 2.75) is 50.9 Å². The van der Waals surface area contributed by atoms with Gasteiger partial charge in [-0.1, -0.05) is 0 Å². The number of nitrogens with zero attached hydrogens (tertiary/aromatic N) is 4. The molecule has 0 spiro atoms. The lowest BCUT2D eigenvalue weighted by Crippen LogP contribution is -2.35. The molecule has 1 atom stereocenters. The molecule has 3 aromatic rings. The lowest BCUT2D eigenvalue weighted by Gasteiger charge is -2.29. The Hall–Kier alpha value is -3.24. The molecule has 3 heterocycles. The largest absolute Gasteiger partial charge is 0.490 e. The standard InChI is InChI=1S/C21H26FN5O3S2.C2HF3O2/c1-13-7-20(32(28,29)25-21-11-31-12-23-21)17(22)8-19(13)26(4)16-5-6-27(9-16)10-18-14(2)30-15(3)24-18;3-2(4,5)1(6)7/h7-8,11-12,16,25H,5-6,9-10H2,1-4H3;(H,6,7). The zero-order valence-electron chi connectivity index (χ0n) is 21.4. The molecule has 0 amide bonds. The fraction of sp³-hybridized carbons (Fsp3) is 0.435. The molecule has 1 aliphatic heterocycles. The highest BCUT2D eigenvalue weighted by atomic mass is 32.2. The predicted molar refractivity (Wildman–Crippen MR) is 136 cm³/mol. The molecule has 1 aliphatic rings. The minimum atomic E-state index is -5.08. The van der Waals surface area contributed by atoms with E-state index < -0.39 is 28.0 Å². The van der Waals surface area contributed by atoms with Gasteiger partial charge < -0.3 is 14.4 Å². The highest BCUT2D eigenvalue weighted by Gasteiger charge is 2.38. The van der Waals surface area contributed by atoms with Crippen LogP contribution in [0.5, 0.6) is 0 Å². The number of anilines is 2. The van der Waals surface area contributed by atoms with Gasteiger partial charge in [-0.2, -0.15) is 13.2 Å². The van der Waals surface area contributed by atoms with Crippen molar-refractivity contribution in [3.8, 4) is 0 Å².